The molecular formula is C11H22N2O2. The van der Waals surface area contributed by atoms with E-state index in [1.54, 1.807) is 0 Å². The van der Waals surface area contributed by atoms with E-state index in [0.29, 0.717) is 13.0 Å². The third-order valence-corrected chi connectivity index (χ3v) is 3.28. The van der Waals surface area contributed by atoms with E-state index in [4.69, 9.17) is 10.8 Å². The molecule has 0 bridgehead atoms. The van der Waals surface area contributed by atoms with Crippen molar-refractivity contribution in [2.24, 2.45) is 11.7 Å². The smallest absolute Gasteiger partial charge is 0.223 e. The minimum Gasteiger partial charge on any atom is -0.394 e. The molecule has 1 saturated heterocycles. The molecule has 1 aliphatic heterocycles. The van der Waals surface area contributed by atoms with Crippen LogP contribution in [-0.2, 0) is 4.79 Å². The molecule has 1 heterocycles. The highest BCUT2D eigenvalue weighted by Crippen LogP contribution is 2.19. The van der Waals surface area contributed by atoms with Crippen molar-refractivity contribution in [1.29, 1.82) is 0 Å². The van der Waals surface area contributed by atoms with Crippen LogP contribution in [0.15, 0.2) is 0 Å². The molecule has 1 aliphatic rings. The summed E-state index contributed by atoms with van der Waals surface area (Å²) in [5, 5.41) is 9.12. The van der Waals surface area contributed by atoms with Gasteiger partial charge in [-0.15, -0.1) is 0 Å². The van der Waals surface area contributed by atoms with Gasteiger partial charge >= 0.3 is 0 Å². The molecule has 88 valence electrons. The summed E-state index contributed by atoms with van der Waals surface area (Å²) >= 11 is 0. The first-order valence-corrected chi connectivity index (χ1v) is 5.83. The van der Waals surface area contributed by atoms with Crippen molar-refractivity contribution < 1.29 is 9.90 Å². The lowest BCUT2D eigenvalue weighted by atomic mass is 10.0. The molecule has 15 heavy (non-hydrogen) atoms. The molecule has 4 nitrogen and oxygen atoms in total. The third-order valence-electron chi connectivity index (χ3n) is 3.28. The number of hydrogen-bond acceptors (Lipinski definition) is 3. The lowest BCUT2D eigenvalue weighted by Gasteiger charge is -2.24. The molecule has 1 rings (SSSR count). The van der Waals surface area contributed by atoms with Crippen molar-refractivity contribution in [3.8, 4) is 0 Å². The van der Waals surface area contributed by atoms with Crippen LogP contribution in [0.2, 0.25) is 0 Å². The highest BCUT2D eigenvalue weighted by molar-refractivity contribution is 5.77. The van der Waals surface area contributed by atoms with Gasteiger partial charge in [0.1, 0.15) is 0 Å². The minimum absolute atomic E-state index is 0.0489. The first kappa shape index (κ1) is 12.5. The fourth-order valence-electron chi connectivity index (χ4n) is 2.11. The Balaban J connectivity index is 2.45. The van der Waals surface area contributed by atoms with E-state index in [0.717, 1.165) is 25.8 Å². The Morgan fingerprint density at radius 1 is 1.67 bits per heavy atom. The van der Waals surface area contributed by atoms with Gasteiger partial charge < -0.3 is 15.7 Å². The van der Waals surface area contributed by atoms with Crippen LogP contribution >= 0.6 is 0 Å². The lowest BCUT2D eigenvalue weighted by Crippen LogP contribution is -2.39. The van der Waals surface area contributed by atoms with Crippen LogP contribution in [0.25, 0.3) is 0 Å². The lowest BCUT2D eigenvalue weighted by molar-refractivity contribution is -0.133. The fourth-order valence-corrected chi connectivity index (χ4v) is 2.11. The van der Waals surface area contributed by atoms with Crippen molar-refractivity contribution >= 4 is 5.91 Å². The van der Waals surface area contributed by atoms with Gasteiger partial charge in [0.2, 0.25) is 5.91 Å². The largest absolute Gasteiger partial charge is 0.394 e. The van der Waals surface area contributed by atoms with E-state index in [1.807, 2.05) is 4.90 Å². The number of aliphatic hydroxyl groups excluding tert-OH is 1. The number of amides is 1. The molecule has 1 amide bonds. The number of nitrogens with zero attached hydrogens (tertiary/aromatic N) is 1. The van der Waals surface area contributed by atoms with Crippen molar-refractivity contribution in [3.05, 3.63) is 0 Å². The summed E-state index contributed by atoms with van der Waals surface area (Å²) in [5.74, 6) is 0.446. The maximum Gasteiger partial charge on any atom is 0.223 e. The Morgan fingerprint density at radius 3 is 2.93 bits per heavy atom. The standard InChI is InChI=1S/C11H22N2O2/c1-2-9(7-12)6-11(15)13-5-3-4-10(13)8-14/h9-10,14H,2-8,12H2,1H3/t9?,10-/m1/s1. The number of likely N-dealkylation sites (tertiary alicyclic amines) is 1. The van der Waals surface area contributed by atoms with E-state index in [-0.39, 0.29) is 24.5 Å². The zero-order valence-corrected chi connectivity index (χ0v) is 9.48. The summed E-state index contributed by atoms with van der Waals surface area (Å²) < 4.78 is 0. The summed E-state index contributed by atoms with van der Waals surface area (Å²) in [6, 6.07) is 0.0489. The molecule has 1 fully saturated rings. The van der Waals surface area contributed by atoms with Crippen molar-refractivity contribution in [3.63, 3.8) is 0 Å². The first-order valence-electron chi connectivity index (χ1n) is 5.83. The van der Waals surface area contributed by atoms with Crippen LogP contribution in [0.3, 0.4) is 0 Å². The molecule has 1 unspecified atom stereocenters. The van der Waals surface area contributed by atoms with Crippen LogP contribution in [0.4, 0.5) is 0 Å². The van der Waals surface area contributed by atoms with Crippen molar-refractivity contribution in [1.82, 2.24) is 4.90 Å². The molecule has 4 heteroatoms. The molecular weight excluding hydrogens is 192 g/mol. The molecule has 3 N–H and O–H groups in total. The Labute approximate surface area is 91.4 Å². The Hall–Kier alpha value is -0.610. The normalized spacial score (nSPS) is 23.1. The summed E-state index contributed by atoms with van der Waals surface area (Å²) in [6.07, 6.45) is 3.42. The number of aliphatic hydroxyl groups is 1. The first-order chi connectivity index (χ1) is 7.22. The average Bonchev–Trinajstić information content (AvgIpc) is 2.73. The number of carbonyl (C=O) groups excluding carboxylic acids is 1. The highest BCUT2D eigenvalue weighted by atomic mass is 16.3. The van der Waals surface area contributed by atoms with Gasteiger partial charge in [-0.3, -0.25) is 4.79 Å². The van der Waals surface area contributed by atoms with Gasteiger partial charge in [-0.05, 0) is 25.3 Å². The zero-order valence-electron chi connectivity index (χ0n) is 9.48. The number of hydrogen-bond donors (Lipinski definition) is 2. The summed E-state index contributed by atoms with van der Waals surface area (Å²) in [7, 11) is 0. The van der Waals surface area contributed by atoms with E-state index in [1.165, 1.54) is 0 Å². The zero-order chi connectivity index (χ0) is 11.3. The number of carbonyl (C=O) groups is 1. The van der Waals surface area contributed by atoms with Crippen LogP contribution in [0.5, 0.6) is 0 Å². The maximum atomic E-state index is 11.9. The van der Waals surface area contributed by atoms with E-state index < -0.39 is 0 Å². The predicted octanol–water partition coefficient (Wildman–Crippen LogP) is 0.345. The van der Waals surface area contributed by atoms with Crippen molar-refractivity contribution in [2.45, 2.75) is 38.6 Å². The molecule has 2 atom stereocenters. The average molecular weight is 214 g/mol. The fraction of sp³-hybridized carbons (Fsp3) is 0.909. The van der Waals surface area contributed by atoms with Gasteiger partial charge in [-0.2, -0.15) is 0 Å². The molecule has 0 saturated carbocycles. The van der Waals surface area contributed by atoms with E-state index in [9.17, 15) is 4.79 Å². The third kappa shape index (κ3) is 3.18. The summed E-state index contributed by atoms with van der Waals surface area (Å²) in [4.78, 5) is 13.7. The second kappa shape index (κ2) is 6.08. The highest BCUT2D eigenvalue weighted by Gasteiger charge is 2.28. The molecule has 0 radical (unpaired) electrons. The topological polar surface area (TPSA) is 66.6 Å². The van der Waals surface area contributed by atoms with Gasteiger partial charge in [-0.25, -0.2) is 0 Å². The SMILES string of the molecule is CCC(CN)CC(=O)N1CCC[C@@H]1CO. The second-order valence-corrected chi connectivity index (χ2v) is 4.28. The maximum absolute atomic E-state index is 11.9. The number of nitrogens with two attached hydrogens (primary N) is 1. The second-order valence-electron chi connectivity index (χ2n) is 4.28. The van der Waals surface area contributed by atoms with Crippen molar-refractivity contribution in [2.75, 3.05) is 19.7 Å². The Bertz CT molecular complexity index is 205. The van der Waals surface area contributed by atoms with Crippen LogP contribution < -0.4 is 5.73 Å². The van der Waals surface area contributed by atoms with Crippen LogP contribution in [0.1, 0.15) is 32.6 Å². The monoisotopic (exact) mass is 214 g/mol. The predicted molar refractivity (Wildman–Crippen MR) is 59.3 cm³/mol. The quantitative estimate of drug-likeness (QED) is 0.693. The van der Waals surface area contributed by atoms with Gasteiger partial charge in [-0.1, -0.05) is 13.3 Å². The Kier molecular flexibility index (Phi) is 5.05. The van der Waals surface area contributed by atoms with Gasteiger partial charge in [0.15, 0.2) is 0 Å². The summed E-state index contributed by atoms with van der Waals surface area (Å²) in [5.41, 5.74) is 5.58. The van der Waals surface area contributed by atoms with E-state index >= 15 is 0 Å². The Morgan fingerprint density at radius 2 is 2.40 bits per heavy atom. The molecule has 0 aromatic carbocycles. The van der Waals surface area contributed by atoms with E-state index in [2.05, 4.69) is 6.92 Å². The van der Waals surface area contributed by atoms with Crippen LogP contribution in [-0.4, -0.2) is 41.7 Å². The molecule has 0 spiro atoms. The van der Waals surface area contributed by atoms with Crippen LogP contribution in [0, 0.1) is 5.92 Å². The molecule has 0 aromatic rings. The number of rotatable bonds is 5. The van der Waals surface area contributed by atoms with Gasteiger partial charge in [0, 0.05) is 13.0 Å². The van der Waals surface area contributed by atoms with Gasteiger partial charge in [0.05, 0.1) is 12.6 Å². The molecule has 0 aromatic heterocycles. The molecule has 0 aliphatic carbocycles. The summed E-state index contributed by atoms with van der Waals surface area (Å²) in [6.45, 7) is 3.51. The van der Waals surface area contributed by atoms with Gasteiger partial charge in [0.25, 0.3) is 0 Å². The minimum atomic E-state index is 0.0489.